The number of fused-ring (bicyclic) bond motifs is 2. The molecule has 7 nitrogen and oxygen atoms in total. The van der Waals surface area contributed by atoms with Gasteiger partial charge in [-0.2, -0.15) is 0 Å². The second-order valence-corrected chi connectivity index (χ2v) is 8.50. The number of rotatable bonds is 5. The zero-order chi connectivity index (χ0) is 22.1. The molecule has 0 radical (unpaired) electrons. The van der Waals surface area contributed by atoms with E-state index in [0.717, 1.165) is 22.2 Å². The third-order valence-electron chi connectivity index (χ3n) is 5.58. The van der Waals surface area contributed by atoms with E-state index in [1.165, 1.54) is 0 Å². The van der Waals surface area contributed by atoms with E-state index in [9.17, 15) is 4.79 Å². The number of aromatic nitrogens is 1. The Kier molecular flexibility index (Phi) is 5.45. The molecule has 2 aromatic carbocycles. The van der Waals surface area contributed by atoms with Gasteiger partial charge in [0.25, 0.3) is 5.91 Å². The van der Waals surface area contributed by atoms with Crippen molar-refractivity contribution in [2.45, 2.75) is 32.3 Å². The molecule has 0 saturated carbocycles. The van der Waals surface area contributed by atoms with Crippen molar-refractivity contribution < 1.29 is 23.7 Å². The van der Waals surface area contributed by atoms with Crippen LogP contribution in [0.5, 0.6) is 11.5 Å². The Morgan fingerprint density at radius 1 is 1.06 bits per heavy atom. The molecule has 0 N–H and O–H groups in total. The number of para-hydroxylation sites is 1. The van der Waals surface area contributed by atoms with Gasteiger partial charge in [-0.15, -0.1) is 0 Å². The molecule has 1 aromatic heterocycles. The van der Waals surface area contributed by atoms with Gasteiger partial charge in [0.05, 0.1) is 12.1 Å². The molecule has 1 amide bonds. The minimum Gasteiger partial charge on any atom is -0.486 e. The summed E-state index contributed by atoms with van der Waals surface area (Å²) >= 11 is 0. The summed E-state index contributed by atoms with van der Waals surface area (Å²) in [4.78, 5) is 19.9. The molecule has 1 atom stereocenters. The van der Waals surface area contributed by atoms with Crippen molar-refractivity contribution in [3.63, 3.8) is 0 Å². The molecule has 2 aliphatic heterocycles. The summed E-state index contributed by atoms with van der Waals surface area (Å²) in [6.45, 7) is 6.04. The van der Waals surface area contributed by atoms with Crippen molar-refractivity contribution in [1.29, 1.82) is 0 Å². The first-order valence-electron chi connectivity index (χ1n) is 10.8. The summed E-state index contributed by atoms with van der Waals surface area (Å²) < 4.78 is 23.0. The van der Waals surface area contributed by atoms with Gasteiger partial charge in [-0.3, -0.25) is 4.79 Å². The Morgan fingerprint density at radius 3 is 2.69 bits per heavy atom. The van der Waals surface area contributed by atoms with Gasteiger partial charge in [0.15, 0.2) is 17.3 Å². The average Bonchev–Trinajstić information content (AvgIpc) is 3.15. The third kappa shape index (κ3) is 4.40. The van der Waals surface area contributed by atoms with Crippen molar-refractivity contribution in [3.8, 4) is 11.5 Å². The SMILES string of the molecule is CC1(C)OCC(CN(Cc2ccc3c(c2)OCCO3)C(=O)c2ccc3ccccc3n2)O1. The fraction of sp³-hybridized carbons (Fsp3) is 0.360. The Labute approximate surface area is 186 Å². The van der Waals surface area contributed by atoms with E-state index in [2.05, 4.69) is 4.98 Å². The zero-order valence-electron chi connectivity index (χ0n) is 18.2. The number of carbonyl (C=O) groups is 1. The minimum atomic E-state index is -0.655. The molecule has 0 spiro atoms. The number of nitrogens with zero attached hydrogens (tertiary/aromatic N) is 2. The van der Waals surface area contributed by atoms with Gasteiger partial charge in [-0.25, -0.2) is 4.98 Å². The first kappa shape index (κ1) is 20.7. The standard InChI is InChI=1S/C25H26N2O5/c1-25(2)31-16-19(32-25)15-27(14-17-7-10-22-23(13-17)30-12-11-29-22)24(28)21-9-8-18-5-3-4-6-20(18)26-21/h3-10,13,19H,11-12,14-16H2,1-2H3. The predicted molar refractivity (Wildman–Crippen MR) is 119 cm³/mol. The Balaban J connectivity index is 1.42. The van der Waals surface area contributed by atoms with Crippen LogP contribution in [0.15, 0.2) is 54.6 Å². The van der Waals surface area contributed by atoms with E-state index in [0.29, 0.717) is 44.4 Å². The molecule has 166 valence electrons. The highest BCUT2D eigenvalue weighted by molar-refractivity contribution is 5.95. The van der Waals surface area contributed by atoms with Gasteiger partial charge in [-0.05, 0) is 43.7 Å². The quantitative estimate of drug-likeness (QED) is 0.608. The second-order valence-electron chi connectivity index (χ2n) is 8.50. The first-order chi connectivity index (χ1) is 15.5. The molecule has 0 aliphatic carbocycles. The number of hydrogen-bond donors (Lipinski definition) is 0. The van der Waals surface area contributed by atoms with Gasteiger partial charge >= 0.3 is 0 Å². The summed E-state index contributed by atoms with van der Waals surface area (Å²) in [5.74, 6) is 0.617. The average molecular weight is 434 g/mol. The van der Waals surface area contributed by atoms with Crippen molar-refractivity contribution in [2.24, 2.45) is 0 Å². The molecule has 3 aromatic rings. The molecule has 1 unspecified atom stereocenters. The molecule has 0 bridgehead atoms. The van der Waals surface area contributed by atoms with Crippen molar-refractivity contribution in [3.05, 3.63) is 65.9 Å². The number of benzene rings is 2. The van der Waals surface area contributed by atoms with Crippen LogP contribution < -0.4 is 9.47 Å². The zero-order valence-corrected chi connectivity index (χ0v) is 18.2. The number of carbonyl (C=O) groups excluding carboxylic acids is 1. The number of amides is 1. The van der Waals surface area contributed by atoms with Crippen LogP contribution in [0.4, 0.5) is 0 Å². The van der Waals surface area contributed by atoms with Crippen LogP contribution in [-0.4, -0.2) is 54.0 Å². The minimum absolute atomic E-state index is 0.154. The first-order valence-corrected chi connectivity index (χ1v) is 10.8. The molecule has 5 rings (SSSR count). The lowest BCUT2D eigenvalue weighted by atomic mass is 10.1. The van der Waals surface area contributed by atoms with E-state index in [-0.39, 0.29) is 12.0 Å². The van der Waals surface area contributed by atoms with E-state index >= 15 is 0 Å². The molecule has 1 saturated heterocycles. The fourth-order valence-corrected chi connectivity index (χ4v) is 4.07. The number of pyridine rings is 1. The highest BCUT2D eigenvalue weighted by Gasteiger charge is 2.35. The Morgan fingerprint density at radius 2 is 1.88 bits per heavy atom. The lowest BCUT2D eigenvalue weighted by Crippen LogP contribution is -2.39. The van der Waals surface area contributed by atoms with Crippen molar-refractivity contribution >= 4 is 16.8 Å². The van der Waals surface area contributed by atoms with Crippen LogP contribution in [-0.2, 0) is 16.0 Å². The maximum atomic E-state index is 13.5. The predicted octanol–water partition coefficient (Wildman–Crippen LogP) is 3.80. The molecule has 3 heterocycles. The summed E-state index contributed by atoms with van der Waals surface area (Å²) in [6.07, 6.45) is -0.216. The summed E-state index contributed by atoms with van der Waals surface area (Å²) in [5.41, 5.74) is 2.14. The van der Waals surface area contributed by atoms with Gasteiger partial charge in [0, 0.05) is 18.5 Å². The van der Waals surface area contributed by atoms with Crippen LogP contribution in [0, 0.1) is 0 Å². The molecular formula is C25H26N2O5. The Hall–Kier alpha value is -3.16. The number of ether oxygens (including phenoxy) is 4. The largest absolute Gasteiger partial charge is 0.486 e. The topological polar surface area (TPSA) is 70.1 Å². The lowest BCUT2D eigenvalue weighted by Gasteiger charge is -2.26. The van der Waals surface area contributed by atoms with Gasteiger partial charge in [0.1, 0.15) is 25.0 Å². The molecule has 2 aliphatic rings. The fourth-order valence-electron chi connectivity index (χ4n) is 4.07. The number of hydrogen-bond acceptors (Lipinski definition) is 6. The molecule has 1 fully saturated rings. The maximum Gasteiger partial charge on any atom is 0.272 e. The molecular weight excluding hydrogens is 408 g/mol. The normalized spacial score (nSPS) is 19.1. The summed E-state index contributed by atoms with van der Waals surface area (Å²) in [5, 5.41) is 0.997. The van der Waals surface area contributed by atoms with Crippen LogP contribution in [0.25, 0.3) is 10.9 Å². The van der Waals surface area contributed by atoms with E-state index in [1.54, 1.807) is 11.0 Å². The van der Waals surface area contributed by atoms with Crippen LogP contribution >= 0.6 is 0 Å². The highest BCUT2D eigenvalue weighted by Crippen LogP contribution is 2.31. The third-order valence-corrected chi connectivity index (χ3v) is 5.58. The van der Waals surface area contributed by atoms with Gasteiger partial charge < -0.3 is 23.8 Å². The van der Waals surface area contributed by atoms with Crippen LogP contribution in [0.3, 0.4) is 0 Å². The van der Waals surface area contributed by atoms with E-state index in [1.807, 2.05) is 62.4 Å². The molecule has 32 heavy (non-hydrogen) atoms. The Bertz CT molecular complexity index is 1150. The van der Waals surface area contributed by atoms with Gasteiger partial charge in [0.2, 0.25) is 0 Å². The van der Waals surface area contributed by atoms with Crippen LogP contribution in [0.1, 0.15) is 29.9 Å². The smallest absolute Gasteiger partial charge is 0.272 e. The maximum absolute atomic E-state index is 13.5. The highest BCUT2D eigenvalue weighted by atomic mass is 16.7. The summed E-state index contributed by atoms with van der Waals surface area (Å²) in [6, 6.07) is 17.2. The van der Waals surface area contributed by atoms with Crippen molar-refractivity contribution in [1.82, 2.24) is 9.88 Å². The van der Waals surface area contributed by atoms with Crippen LogP contribution in [0.2, 0.25) is 0 Å². The lowest BCUT2D eigenvalue weighted by molar-refractivity contribution is -0.139. The van der Waals surface area contributed by atoms with Gasteiger partial charge in [-0.1, -0.05) is 30.3 Å². The monoisotopic (exact) mass is 434 g/mol. The second kappa shape index (κ2) is 8.41. The van der Waals surface area contributed by atoms with E-state index in [4.69, 9.17) is 18.9 Å². The summed E-state index contributed by atoms with van der Waals surface area (Å²) in [7, 11) is 0. The van der Waals surface area contributed by atoms with E-state index < -0.39 is 5.79 Å². The molecule has 7 heteroatoms. The van der Waals surface area contributed by atoms with Crippen molar-refractivity contribution in [2.75, 3.05) is 26.4 Å².